The zero-order valence-electron chi connectivity index (χ0n) is 12.1. The average molecular weight is 292 g/mol. The Morgan fingerprint density at radius 2 is 1.84 bits per heavy atom. The zero-order chi connectivity index (χ0) is 13.5. The molecule has 6 heteroatoms. The summed E-state index contributed by atoms with van der Waals surface area (Å²) in [4.78, 5) is 27.3. The van der Waals surface area contributed by atoms with Gasteiger partial charge in [-0.3, -0.25) is 9.59 Å². The van der Waals surface area contributed by atoms with Gasteiger partial charge in [-0.25, -0.2) is 0 Å². The summed E-state index contributed by atoms with van der Waals surface area (Å²) in [6, 6.07) is -0.103. The Labute approximate surface area is 122 Å². The van der Waals surface area contributed by atoms with E-state index in [1.165, 1.54) is 0 Å². The van der Waals surface area contributed by atoms with Gasteiger partial charge in [-0.05, 0) is 33.2 Å². The summed E-state index contributed by atoms with van der Waals surface area (Å²) in [7, 11) is 1.71. The van der Waals surface area contributed by atoms with Crippen LogP contribution in [0.5, 0.6) is 0 Å². The highest BCUT2D eigenvalue weighted by Crippen LogP contribution is 2.09. The number of nitrogens with one attached hydrogen (secondary N) is 1. The molecule has 0 bridgehead atoms. The fourth-order valence-electron chi connectivity index (χ4n) is 2.29. The van der Waals surface area contributed by atoms with Crippen molar-refractivity contribution in [2.24, 2.45) is 0 Å². The van der Waals surface area contributed by atoms with E-state index in [0.717, 1.165) is 25.8 Å². The number of carbonyl (C=O) groups excluding carboxylic acids is 2. The predicted molar refractivity (Wildman–Crippen MR) is 78.5 cm³/mol. The van der Waals surface area contributed by atoms with Gasteiger partial charge < -0.3 is 15.1 Å². The maximum Gasteiger partial charge on any atom is 0.242 e. The minimum atomic E-state index is -0.103. The highest BCUT2D eigenvalue weighted by Gasteiger charge is 2.25. The second-order valence-corrected chi connectivity index (χ2v) is 4.76. The number of hydrogen-bond donors (Lipinski definition) is 1. The van der Waals surface area contributed by atoms with Crippen LogP contribution in [-0.2, 0) is 9.59 Å². The second-order valence-electron chi connectivity index (χ2n) is 4.76. The van der Waals surface area contributed by atoms with E-state index in [2.05, 4.69) is 5.32 Å². The molecular weight excluding hydrogens is 266 g/mol. The third kappa shape index (κ3) is 5.37. The van der Waals surface area contributed by atoms with E-state index in [9.17, 15) is 9.59 Å². The van der Waals surface area contributed by atoms with Crippen molar-refractivity contribution in [3.05, 3.63) is 0 Å². The molecule has 5 nitrogen and oxygen atoms in total. The molecule has 1 atom stereocenters. The van der Waals surface area contributed by atoms with Gasteiger partial charge in [-0.1, -0.05) is 6.42 Å². The Morgan fingerprint density at radius 1 is 1.21 bits per heavy atom. The van der Waals surface area contributed by atoms with Crippen LogP contribution in [-0.4, -0.2) is 60.9 Å². The topological polar surface area (TPSA) is 52.7 Å². The zero-order valence-corrected chi connectivity index (χ0v) is 13.0. The van der Waals surface area contributed by atoms with Gasteiger partial charge in [0.1, 0.15) is 0 Å². The SMILES string of the molecule is CCN(CC)C(=O)CN(C)C(=O)[C@@H]1CCCCN1.Cl. The van der Waals surface area contributed by atoms with Crippen molar-refractivity contribution in [2.75, 3.05) is 33.2 Å². The van der Waals surface area contributed by atoms with Crippen molar-refractivity contribution in [1.29, 1.82) is 0 Å². The largest absolute Gasteiger partial charge is 0.342 e. The van der Waals surface area contributed by atoms with E-state index in [1.54, 1.807) is 16.8 Å². The van der Waals surface area contributed by atoms with Gasteiger partial charge in [0.25, 0.3) is 0 Å². The van der Waals surface area contributed by atoms with Crippen LogP contribution in [0, 0.1) is 0 Å². The molecule has 1 aliphatic heterocycles. The van der Waals surface area contributed by atoms with Crippen LogP contribution in [0.25, 0.3) is 0 Å². The molecule has 2 amide bonds. The molecule has 112 valence electrons. The fraction of sp³-hybridized carbons (Fsp3) is 0.846. The molecule has 0 aromatic heterocycles. The summed E-state index contributed by atoms with van der Waals surface area (Å²) in [6.45, 7) is 6.36. The summed E-state index contributed by atoms with van der Waals surface area (Å²) >= 11 is 0. The molecule has 1 aliphatic rings. The first-order valence-corrected chi connectivity index (χ1v) is 6.86. The maximum absolute atomic E-state index is 12.1. The summed E-state index contributed by atoms with van der Waals surface area (Å²) in [5.41, 5.74) is 0. The van der Waals surface area contributed by atoms with Crippen LogP contribution in [0.4, 0.5) is 0 Å². The number of rotatable bonds is 5. The minimum Gasteiger partial charge on any atom is -0.342 e. The fourth-order valence-corrected chi connectivity index (χ4v) is 2.29. The first-order chi connectivity index (χ1) is 8.60. The summed E-state index contributed by atoms with van der Waals surface area (Å²) in [6.07, 6.45) is 3.09. The quantitative estimate of drug-likeness (QED) is 0.818. The van der Waals surface area contributed by atoms with E-state index in [4.69, 9.17) is 0 Å². The van der Waals surface area contributed by atoms with Gasteiger partial charge in [0.05, 0.1) is 12.6 Å². The normalized spacial score (nSPS) is 18.4. The van der Waals surface area contributed by atoms with Gasteiger partial charge in [0.15, 0.2) is 0 Å². The molecule has 0 aromatic rings. The number of likely N-dealkylation sites (N-methyl/N-ethyl adjacent to an activating group) is 2. The number of piperidine rings is 1. The lowest BCUT2D eigenvalue weighted by atomic mass is 10.0. The standard InChI is InChI=1S/C13H25N3O2.ClH/c1-4-16(5-2)12(17)10-15(3)13(18)11-8-6-7-9-14-11;/h11,14H,4-10H2,1-3H3;1H/t11-;/m0./s1. The number of amides is 2. The van der Waals surface area contributed by atoms with Crippen LogP contribution < -0.4 is 5.32 Å². The third-order valence-electron chi connectivity index (χ3n) is 3.47. The molecule has 1 N–H and O–H groups in total. The van der Waals surface area contributed by atoms with Gasteiger partial charge in [0.2, 0.25) is 11.8 Å². The highest BCUT2D eigenvalue weighted by molar-refractivity contribution is 5.87. The Bertz CT molecular complexity index is 290. The number of hydrogen-bond acceptors (Lipinski definition) is 3. The van der Waals surface area contributed by atoms with Crippen LogP contribution >= 0.6 is 12.4 Å². The number of halogens is 1. The van der Waals surface area contributed by atoms with E-state index in [1.807, 2.05) is 13.8 Å². The van der Waals surface area contributed by atoms with Gasteiger partial charge >= 0.3 is 0 Å². The molecule has 19 heavy (non-hydrogen) atoms. The first-order valence-electron chi connectivity index (χ1n) is 6.86. The second kappa shape index (κ2) is 9.15. The minimum absolute atomic E-state index is 0. The monoisotopic (exact) mass is 291 g/mol. The first kappa shape index (κ1) is 18.2. The number of carbonyl (C=O) groups is 2. The molecule has 0 spiro atoms. The van der Waals surface area contributed by atoms with E-state index in [0.29, 0.717) is 13.1 Å². The van der Waals surface area contributed by atoms with Crippen molar-refractivity contribution < 1.29 is 9.59 Å². The van der Waals surface area contributed by atoms with Crippen molar-refractivity contribution in [2.45, 2.75) is 39.2 Å². The lowest BCUT2D eigenvalue weighted by Crippen LogP contribution is -2.50. The summed E-state index contributed by atoms with van der Waals surface area (Å²) in [5.74, 6) is 0.0573. The van der Waals surface area contributed by atoms with Crippen LogP contribution in [0.3, 0.4) is 0 Å². The molecule has 0 aromatic carbocycles. The van der Waals surface area contributed by atoms with Crippen molar-refractivity contribution in [3.63, 3.8) is 0 Å². The molecule has 1 fully saturated rings. The average Bonchev–Trinajstić information content (AvgIpc) is 2.40. The van der Waals surface area contributed by atoms with Gasteiger partial charge in [0, 0.05) is 20.1 Å². The van der Waals surface area contributed by atoms with Crippen LogP contribution in [0.1, 0.15) is 33.1 Å². The van der Waals surface area contributed by atoms with Crippen LogP contribution in [0.2, 0.25) is 0 Å². The Balaban J connectivity index is 0.00000324. The van der Waals surface area contributed by atoms with Crippen molar-refractivity contribution >= 4 is 24.2 Å². The van der Waals surface area contributed by atoms with E-state index < -0.39 is 0 Å². The van der Waals surface area contributed by atoms with Crippen LogP contribution in [0.15, 0.2) is 0 Å². The van der Waals surface area contributed by atoms with E-state index in [-0.39, 0.29) is 36.8 Å². The third-order valence-corrected chi connectivity index (χ3v) is 3.47. The Kier molecular flexibility index (Phi) is 8.76. The molecule has 0 unspecified atom stereocenters. The predicted octanol–water partition coefficient (Wildman–Crippen LogP) is 0.877. The molecule has 1 heterocycles. The maximum atomic E-state index is 12.1. The summed E-state index contributed by atoms with van der Waals surface area (Å²) in [5, 5.41) is 3.21. The Morgan fingerprint density at radius 3 is 2.32 bits per heavy atom. The molecular formula is C13H26ClN3O2. The van der Waals surface area contributed by atoms with Crippen molar-refractivity contribution in [3.8, 4) is 0 Å². The molecule has 0 aliphatic carbocycles. The number of nitrogens with zero attached hydrogens (tertiary/aromatic N) is 2. The lowest BCUT2D eigenvalue weighted by Gasteiger charge is -2.28. The Hall–Kier alpha value is -0.810. The summed E-state index contributed by atoms with van der Waals surface area (Å²) < 4.78 is 0. The lowest BCUT2D eigenvalue weighted by molar-refractivity contribution is -0.140. The van der Waals surface area contributed by atoms with Gasteiger partial charge in [-0.2, -0.15) is 0 Å². The molecule has 1 rings (SSSR count). The molecule has 0 radical (unpaired) electrons. The van der Waals surface area contributed by atoms with Gasteiger partial charge in [-0.15, -0.1) is 12.4 Å². The van der Waals surface area contributed by atoms with Crippen molar-refractivity contribution in [1.82, 2.24) is 15.1 Å². The smallest absolute Gasteiger partial charge is 0.242 e. The van der Waals surface area contributed by atoms with E-state index >= 15 is 0 Å². The highest BCUT2D eigenvalue weighted by atomic mass is 35.5. The molecule has 0 saturated carbocycles. The molecule has 1 saturated heterocycles.